The number of carbonyl (C=O) groups is 1. The van der Waals surface area contributed by atoms with Gasteiger partial charge in [0.1, 0.15) is 11.4 Å². The topological polar surface area (TPSA) is 87.4 Å². The summed E-state index contributed by atoms with van der Waals surface area (Å²) in [5, 5.41) is 18.8. The van der Waals surface area contributed by atoms with Crippen LogP contribution >= 0.6 is 0 Å². The third-order valence-electron chi connectivity index (χ3n) is 3.53. The fourth-order valence-electron chi connectivity index (χ4n) is 1.89. The summed E-state index contributed by atoms with van der Waals surface area (Å²) in [7, 11) is 0. The van der Waals surface area contributed by atoms with Crippen molar-refractivity contribution in [2.45, 2.75) is 52.5 Å². The third kappa shape index (κ3) is 3.47. The highest BCUT2D eigenvalue weighted by atomic mass is 16.5. The van der Waals surface area contributed by atoms with Crippen molar-refractivity contribution in [3.63, 3.8) is 0 Å². The molecular weight excluding hydrogens is 246 g/mol. The van der Waals surface area contributed by atoms with Gasteiger partial charge in [0.25, 0.3) is 0 Å². The molecule has 108 valence electrons. The highest BCUT2D eigenvalue weighted by molar-refractivity contribution is 5.90. The second-order valence-corrected chi connectivity index (χ2v) is 4.64. The second-order valence-electron chi connectivity index (χ2n) is 4.64. The summed E-state index contributed by atoms with van der Waals surface area (Å²) in [5.74, 6) is 0.648. The zero-order chi connectivity index (χ0) is 14.5. The molecule has 0 atom stereocenters. The van der Waals surface area contributed by atoms with Crippen molar-refractivity contribution < 1.29 is 14.4 Å². The number of amides is 2. The van der Waals surface area contributed by atoms with Gasteiger partial charge in [-0.15, -0.1) is 0 Å². The van der Waals surface area contributed by atoms with Crippen molar-refractivity contribution in [1.29, 1.82) is 0 Å². The van der Waals surface area contributed by atoms with Crippen LogP contribution in [0.1, 0.15) is 45.1 Å². The molecule has 0 aromatic carbocycles. The van der Waals surface area contributed by atoms with Crippen molar-refractivity contribution in [2.24, 2.45) is 0 Å². The molecule has 2 amide bonds. The van der Waals surface area contributed by atoms with Crippen LogP contribution in [0.15, 0.2) is 4.52 Å². The highest BCUT2D eigenvalue weighted by Gasteiger charge is 2.27. The number of nitrogens with zero attached hydrogens (tertiary/aromatic N) is 1. The maximum Gasteiger partial charge on any atom is 0.319 e. The Morgan fingerprint density at radius 1 is 1.37 bits per heavy atom. The van der Waals surface area contributed by atoms with Gasteiger partial charge in [-0.3, -0.25) is 0 Å². The summed E-state index contributed by atoms with van der Waals surface area (Å²) in [6, 6.07) is -0.348. The Morgan fingerprint density at radius 2 is 2.00 bits per heavy atom. The van der Waals surface area contributed by atoms with E-state index in [1.807, 2.05) is 20.8 Å². The minimum Gasteiger partial charge on any atom is -0.394 e. The van der Waals surface area contributed by atoms with Gasteiger partial charge in [0.15, 0.2) is 5.76 Å². The van der Waals surface area contributed by atoms with Crippen LogP contribution in [-0.4, -0.2) is 28.4 Å². The van der Waals surface area contributed by atoms with Crippen molar-refractivity contribution in [3.05, 3.63) is 11.5 Å². The standard InChI is InChI=1S/C13H23N3O3/c1-5-10-11(9(4)16-19-10)14-12(18)15-13(6-2,7-3)8-17/h17H,5-8H2,1-4H3,(H2,14,15,18). The first-order valence-corrected chi connectivity index (χ1v) is 6.67. The Morgan fingerprint density at radius 3 is 2.47 bits per heavy atom. The van der Waals surface area contributed by atoms with Crippen LogP contribution in [0.25, 0.3) is 0 Å². The van der Waals surface area contributed by atoms with E-state index in [2.05, 4.69) is 15.8 Å². The summed E-state index contributed by atoms with van der Waals surface area (Å²) in [6.45, 7) is 7.48. The molecule has 0 aliphatic heterocycles. The van der Waals surface area contributed by atoms with Crippen LogP contribution in [0.4, 0.5) is 10.5 Å². The lowest BCUT2D eigenvalue weighted by molar-refractivity contribution is 0.155. The van der Waals surface area contributed by atoms with E-state index in [-0.39, 0.29) is 12.6 Å². The lowest BCUT2D eigenvalue weighted by Crippen LogP contribution is -2.52. The molecule has 1 heterocycles. The lowest BCUT2D eigenvalue weighted by Gasteiger charge is -2.30. The monoisotopic (exact) mass is 269 g/mol. The van der Waals surface area contributed by atoms with E-state index >= 15 is 0 Å². The molecular formula is C13H23N3O3. The van der Waals surface area contributed by atoms with Crippen molar-refractivity contribution in [1.82, 2.24) is 10.5 Å². The second kappa shape index (κ2) is 6.56. The normalized spacial score (nSPS) is 11.4. The molecule has 0 spiro atoms. The van der Waals surface area contributed by atoms with Gasteiger partial charge < -0.3 is 20.3 Å². The summed E-state index contributed by atoms with van der Waals surface area (Å²) in [5.41, 5.74) is 0.676. The Hall–Kier alpha value is -1.56. The van der Waals surface area contributed by atoms with Gasteiger partial charge >= 0.3 is 6.03 Å². The molecule has 1 aromatic heterocycles. The molecule has 19 heavy (non-hydrogen) atoms. The lowest BCUT2D eigenvalue weighted by atomic mass is 9.94. The molecule has 6 heteroatoms. The zero-order valence-electron chi connectivity index (χ0n) is 12.0. The molecule has 0 radical (unpaired) electrons. The molecule has 0 aliphatic carbocycles. The fraction of sp³-hybridized carbons (Fsp3) is 0.692. The highest BCUT2D eigenvalue weighted by Crippen LogP contribution is 2.21. The van der Waals surface area contributed by atoms with Crippen molar-refractivity contribution in [2.75, 3.05) is 11.9 Å². The Bertz CT molecular complexity index is 417. The first-order valence-electron chi connectivity index (χ1n) is 6.67. The third-order valence-corrected chi connectivity index (χ3v) is 3.53. The van der Waals surface area contributed by atoms with E-state index < -0.39 is 5.54 Å². The SMILES string of the molecule is CCc1onc(C)c1NC(=O)NC(CC)(CC)CO. The van der Waals surface area contributed by atoms with Crippen molar-refractivity contribution in [3.8, 4) is 0 Å². The number of aryl methyl sites for hydroxylation is 2. The van der Waals surface area contributed by atoms with Crippen LogP contribution in [0, 0.1) is 6.92 Å². The molecule has 0 fully saturated rings. The number of aromatic nitrogens is 1. The minimum absolute atomic E-state index is 0.0866. The summed E-state index contributed by atoms with van der Waals surface area (Å²) in [4.78, 5) is 12.0. The van der Waals surface area contributed by atoms with Gasteiger partial charge in [-0.1, -0.05) is 25.9 Å². The molecule has 3 N–H and O–H groups in total. The predicted molar refractivity (Wildman–Crippen MR) is 73.2 cm³/mol. The minimum atomic E-state index is -0.582. The number of anilines is 1. The first kappa shape index (κ1) is 15.5. The summed E-state index contributed by atoms with van der Waals surface area (Å²) in [6.07, 6.45) is 1.98. The van der Waals surface area contributed by atoms with Gasteiger partial charge in [-0.05, 0) is 19.8 Å². The molecule has 0 saturated heterocycles. The number of nitrogens with one attached hydrogen (secondary N) is 2. The van der Waals surface area contributed by atoms with E-state index in [1.165, 1.54) is 0 Å². The number of aliphatic hydroxyl groups is 1. The van der Waals surface area contributed by atoms with Gasteiger partial charge in [-0.2, -0.15) is 0 Å². The van der Waals surface area contributed by atoms with E-state index in [9.17, 15) is 9.90 Å². The quantitative estimate of drug-likeness (QED) is 0.739. The maximum absolute atomic E-state index is 12.0. The fourth-order valence-corrected chi connectivity index (χ4v) is 1.89. The summed E-state index contributed by atoms with van der Waals surface area (Å²) < 4.78 is 5.11. The molecule has 6 nitrogen and oxygen atoms in total. The number of hydrogen-bond acceptors (Lipinski definition) is 4. The van der Waals surface area contributed by atoms with Crippen molar-refractivity contribution >= 4 is 11.7 Å². The maximum atomic E-state index is 12.0. The average Bonchev–Trinajstić information content (AvgIpc) is 2.77. The zero-order valence-corrected chi connectivity index (χ0v) is 12.0. The molecule has 0 saturated carbocycles. The van der Waals surface area contributed by atoms with Crippen LogP contribution in [0.3, 0.4) is 0 Å². The number of aliphatic hydroxyl groups excluding tert-OH is 1. The Labute approximate surface area is 113 Å². The van der Waals surface area contributed by atoms with E-state index in [4.69, 9.17) is 4.52 Å². The van der Waals surface area contributed by atoms with E-state index in [1.54, 1.807) is 6.92 Å². The largest absolute Gasteiger partial charge is 0.394 e. The van der Waals surface area contributed by atoms with Crippen LogP contribution in [0.2, 0.25) is 0 Å². The van der Waals surface area contributed by atoms with Crippen LogP contribution in [-0.2, 0) is 6.42 Å². The number of urea groups is 1. The van der Waals surface area contributed by atoms with Gasteiger partial charge in [0.05, 0.1) is 12.1 Å². The Balaban J connectivity index is 2.77. The molecule has 1 rings (SSSR count). The number of carbonyl (C=O) groups excluding carboxylic acids is 1. The van der Waals surface area contributed by atoms with E-state index in [0.717, 1.165) is 0 Å². The smallest absolute Gasteiger partial charge is 0.319 e. The van der Waals surface area contributed by atoms with Gasteiger partial charge in [-0.25, -0.2) is 4.79 Å². The Kier molecular flexibility index (Phi) is 5.35. The molecule has 0 bridgehead atoms. The van der Waals surface area contributed by atoms with E-state index in [0.29, 0.717) is 36.4 Å². The molecule has 0 aliphatic rings. The van der Waals surface area contributed by atoms with Crippen LogP contribution < -0.4 is 10.6 Å². The van der Waals surface area contributed by atoms with Crippen LogP contribution in [0.5, 0.6) is 0 Å². The first-order chi connectivity index (χ1) is 9.01. The molecule has 1 aromatic rings. The van der Waals surface area contributed by atoms with Gasteiger partial charge in [0, 0.05) is 6.42 Å². The van der Waals surface area contributed by atoms with Gasteiger partial charge in [0.2, 0.25) is 0 Å². The predicted octanol–water partition coefficient (Wildman–Crippen LogP) is 2.22. The molecule has 0 unspecified atom stereocenters. The average molecular weight is 269 g/mol. The number of rotatable bonds is 6. The summed E-state index contributed by atoms with van der Waals surface area (Å²) >= 11 is 0. The number of hydrogen-bond donors (Lipinski definition) is 3.